The Morgan fingerprint density at radius 1 is 1.42 bits per heavy atom. The first kappa shape index (κ1) is 13.5. The number of benzene rings is 1. The molecule has 1 aromatic heterocycles. The molecular formula is C12H13ClN4O2. The lowest BCUT2D eigenvalue weighted by molar-refractivity contribution is 0.0689. The van der Waals surface area contributed by atoms with Crippen molar-refractivity contribution >= 4 is 17.6 Å². The molecule has 0 unspecified atom stereocenters. The standard InChI is InChI=1S/C12H13ClN4O2/c13-9-4-2-1-3-8(9)7-10-11(12(18)19)15-16-17(10)6-5-14/h1-4H,5-7,14H2,(H,18,19). The minimum atomic E-state index is -1.11. The molecule has 0 saturated carbocycles. The lowest BCUT2D eigenvalue weighted by Gasteiger charge is -2.07. The Morgan fingerprint density at radius 2 is 2.16 bits per heavy atom. The largest absolute Gasteiger partial charge is 0.476 e. The van der Waals surface area contributed by atoms with E-state index in [1.165, 1.54) is 4.68 Å². The van der Waals surface area contributed by atoms with E-state index in [4.69, 9.17) is 22.4 Å². The molecular weight excluding hydrogens is 268 g/mol. The van der Waals surface area contributed by atoms with Crippen LogP contribution in [0.2, 0.25) is 5.02 Å². The van der Waals surface area contributed by atoms with E-state index in [0.717, 1.165) is 5.56 Å². The molecule has 0 aliphatic heterocycles. The molecule has 0 saturated heterocycles. The van der Waals surface area contributed by atoms with Gasteiger partial charge in [0.15, 0.2) is 5.69 Å². The molecule has 6 nitrogen and oxygen atoms in total. The van der Waals surface area contributed by atoms with Gasteiger partial charge in [0, 0.05) is 18.0 Å². The number of aromatic carboxylic acids is 1. The van der Waals surface area contributed by atoms with Crippen LogP contribution in [0.3, 0.4) is 0 Å². The van der Waals surface area contributed by atoms with E-state index in [2.05, 4.69) is 10.3 Å². The zero-order valence-electron chi connectivity index (χ0n) is 10.1. The van der Waals surface area contributed by atoms with Crippen molar-refractivity contribution in [2.24, 2.45) is 5.73 Å². The molecule has 100 valence electrons. The highest BCUT2D eigenvalue weighted by Gasteiger charge is 2.19. The average molecular weight is 281 g/mol. The van der Waals surface area contributed by atoms with Gasteiger partial charge in [-0.15, -0.1) is 5.10 Å². The van der Waals surface area contributed by atoms with Crippen molar-refractivity contribution in [3.05, 3.63) is 46.2 Å². The van der Waals surface area contributed by atoms with E-state index in [0.29, 0.717) is 30.2 Å². The first-order valence-corrected chi connectivity index (χ1v) is 6.10. The summed E-state index contributed by atoms with van der Waals surface area (Å²) in [5.41, 5.74) is 6.75. The summed E-state index contributed by atoms with van der Waals surface area (Å²) in [5, 5.41) is 17.2. The Bertz CT molecular complexity index is 597. The predicted octanol–water partition coefficient (Wildman–Crippen LogP) is 1.18. The van der Waals surface area contributed by atoms with Crippen LogP contribution in [0.15, 0.2) is 24.3 Å². The molecule has 0 spiro atoms. The number of aromatic nitrogens is 3. The Labute approximate surface area is 114 Å². The van der Waals surface area contributed by atoms with Gasteiger partial charge < -0.3 is 10.8 Å². The quantitative estimate of drug-likeness (QED) is 0.858. The zero-order valence-corrected chi connectivity index (χ0v) is 10.8. The van der Waals surface area contributed by atoms with Crippen molar-refractivity contribution in [3.63, 3.8) is 0 Å². The maximum Gasteiger partial charge on any atom is 0.358 e. The van der Waals surface area contributed by atoms with Crippen molar-refractivity contribution < 1.29 is 9.90 Å². The molecule has 0 radical (unpaired) electrons. The fraction of sp³-hybridized carbons (Fsp3) is 0.250. The van der Waals surface area contributed by atoms with Crippen molar-refractivity contribution in [3.8, 4) is 0 Å². The molecule has 0 bridgehead atoms. The number of rotatable bonds is 5. The molecule has 0 aliphatic rings. The second-order valence-electron chi connectivity index (χ2n) is 3.97. The molecule has 2 rings (SSSR count). The van der Waals surface area contributed by atoms with Crippen molar-refractivity contribution in [1.29, 1.82) is 0 Å². The number of carboxylic acid groups (broad SMARTS) is 1. The maximum absolute atomic E-state index is 11.1. The van der Waals surface area contributed by atoms with Crippen LogP contribution in [-0.2, 0) is 13.0 Å². The third kappa shape index (κ3) is 2.91. The van der Waals surface area contributed by atoms with E-state index in [-0.39, 0.29) is 5.69 Å². The van der Waals surface area contributed by atoms with Gasteiger partial charge in [0.2, 0.25) is 0 Å². The van der Waals surface area contributed by atoms with Gasteiger partial charge in [-0.3, -0.25) is 0 Å². The van der Waals surface area contributed by atoms with Crippen LogP contribution in [0.1, 0.15) is 21.7 Å². The summed E-state index contributed by atoms with van der Waals surface area (Å²) in [6.07, 6.45) is 0.355. The van der Waals surface area contributed by atoms with Crippen molar-refractivity contribution in [2.75, 3.05) is 6.54 Å². The molecule has 2 aromatic rings. The minimum absolute atomic E-state index is 0.0617. The fourth-order valence-corrected chi connectivity index (χ4v) is 2.00. The Kier molecular flexibility index (Phi) is 4.13. The minimum Gasteiger partial charge on any atom is -0.476 e. The molecule has 1 aromatic carbocycles. The average Bonchev–Trinajstić information content (AvgIpc) is 2.76. The molecule has 19 heavy (non-hydrogen) atoms. The summed E-state index contributed by atoms with van der Waals surface area (Å²) < 4.78 is 1.51. The number of carboxylic acids is 1. The maximum atomic E-state index is 11.1. The van der Waals surface area contributed by atoms with Gasteiger partial charge in [-0.25, -0.2) is 9.48 Å². The number of nitrogens with two attached hydrogens (primary N) is 1. The topological polar surface area (TPSA) is 94.0 Å². The van der Waals surface area contributed by atoms with Gasteiger partial charge >= 0.3 is 5.97 Å². The van der Waals surface area contributed by atoms with Gasteiger partial charge in [-0.05, 0) is 11.6 Å². The summed E-state index contributed by atoms with van der Waals surface area (Å²) in [6, 6.07) is 7.26. The molecule has 0 atom stereocenters. The summed E-state index contributed by atoms with van der Waals surface area (Å²) in [6.45, 7) is 0.776. The van der Waals surface area contributed by atoms with E-state index in [9.17, 15) is 4.79 Å². The molecule has 0 fully saturated rings. The fourth-order valence-electron chi connectivity index (χ4n) is 1.80. The normalized spacial score (nSPS) is 10.6. The molecule has 7 heteroatoms. The third-order valence-corrected chi connectivity index (χ3v) is 3.07. The lowest BCUT2D eigenvalue weighted by Crippen LogP contribution is -2.15. The molecule has 0 aliphatic carbocycles. The second kappa shape index (κ2) is 5.81. The Morgan fingerprint density at radius 3 is 2.79 bits per heavy atom. The SMILES string of the molecule is NCCn1nnc(C(=O)O)c1Cc1ccccc1Cl. The number of hydrogen-bond donors (Lipinski definition) is 2. The van der Waals surface area contributed by atoms with E-state index < -0.39 is 5.97 Å². The van der Waals surface area contributed by atoms with Gasteiger partial charge in [0.1, 0.15) is 0 Å². The van der Waals surface area contributed by atoms with Crippen LogP contribution in [0, 0.1) is 0 Å². The first-order chi connectivity index (χ1) is 9.13. The monoisotopic (exact) mass is 280 g/mol. The van der Waals surface area contributed by atoms with E-state index >= 15 is 0 Å². The van der Waals surface area contributed by atoms with Crippen molar-refractivity contribution in [1.82, 2.24) is 15.0 Å². The van der Waals surface area contributed by atoms with Crippen LogP contribution in [-0.4, -0.2) is 32.6 Å². The van der Waals surface area contributed by atoms with Crippen LogP contribution in [0.25, 0.3) is 0 Å². The summed E-state index contributed by atoms with van der Waals surface area (Å²) in [5.74, 6) is -1.11. The highest BCUT2D eigenvalue weighted by Crippen LogP contribution is 2.20. The molecule has 0 amide bonds. The van der Waals surface area contributed by atoms with Crippen molar-refractivity contribution in [2.45, 2.75) is 13.0 Å². The van der Waals surface area contributed by atoms with Crippen LogP contribution in [0.4, 0.5) is 0 Å². The molecule has 3 N–H and O–H groups in total. The first-order valence-electron chi connectivity index (χ1n) is 5.72. The number of carbonyl (C=O) groups is 1. The van der Waals surface area contributed by atoms with Gasteiger partial charge in [0.05, 0.1) is 12.2 Å². The predicted molar refractivity (Wildman–Crippen MR) is 70.3 cm³/mol. The van der Waals surface area contributed by atoms with Crippen LogP contribution < -0.4 is 5.73 Å². The van der Waals surface area contributed by atoms with Gasteiger partial charge in [-0.1, -0.05) is 35.0 Å². The van der Waals surface area contributed by atoms with E-state index in [1.54, 1.807) is 6.07 Å². The Balaban J connectivity index is 2.40. The smallest absolute Gasteiger partial charge is 0.358 e. The highest BCUT2D eigenvalue weighted by atomic mass is 35.5. The van der Waals surface area contributed by atoms with Gasteiger partial charge in [-0.2, -0.15) is 0 Å². The number of hydrogen-bond acceptors (Lipinski definition) is 4. The lowest BCUT2D eigenvalue weighted by atomic mass is 10.1. The summed E-state index contributed by atoms with van der Waals surface area (Å²) in [7, 11) is 0. The zero-order chi connectivity index (χ0) is 13.8. The summed E-state index contributed by atoms with van der Waals surface area (Å²) >= 11 is 6.08. The second-order valence-corrected chi connectivity index (χ2v) is 4.38. The van der Waals surface area contributed by atoms with Crippen LogP contribution in [0.5, 0.6) is 0 Å². The molecule has 1 heterocycles. The highest BCUT2D eigenvalue weighted by molar-refractivity contribution is 6.31. The Hall–Kier alpha value is -1.92. The third-order valence-electron chi connectivity index (χ3n) is 2.70. The van der Waals surface area contributed by atoms with E-state index in [1.807, 2.05) is 18.2 Å². The number of halogens is 1. The van der Waals surface area contributed by atoms with Gasteiger partial charge in [0.25, 0.3) is 0 Å². The summed E-state index contributed by atoms with van der Waals surface area (Å²) in [4.78, 5) is 11.1. The number of nitrogens with zero attached hydrogens (tertiary/aromatic N) is 3. The van der Waals surface area contributed by atoms with Crippen LogP contribution >= 0.6 is 11.6 Å².